The molecular weight excluding hydrogens is 316 g/mol. The van der Waals surface area contributed by atoms with Crippen molar-refractivity contribution in [2.45, 2.75) is 31.4 Å². The molecule has 7 nitrogen and oxygen atoms in total. The van der Waals surface area contributed by atoms with Gasteiger partial charge in [-0.25, -0.2) is 4.98 Å². The van der Waals surface area contributed by atoms with Crippen molar-refractivity contribution in [3.63, 3.8) is 0 Å². The van der Waals surface area contributed by atoms with E-state index in [4.69, 9.17) is 5.73 Å². The van der Waals surface area contributed by atoms with Gasteiger partial charge < -0.3 is 16.2 Å². The van der Waals surface area contributed by atoms with E-state index in [0.29, 0.717) is 11.8 Å². The lowest BCUT2D eigenvalue weighted by Gasteiger charge is -2.27. The third-order valence-corrected chi connectivity index (χ3v) is 5.63. The van der Waals surface area contributed by atoms with Gasteiger partial charge in [0.2, 0.25) is 5.95 Å². The van der Waals surface area contributed by atoms with E-state index in [1.54, 1.807) is 6.20 Å². The summed E-state index contributed by atoms with van der Waals surface area (Å²) in [6, 6.07) is 8.19. The van der Waals surface area contributed by atoms with Crippen LogP contribution in [-0.4, -0.2) is 37.4 Å². The minimum absolute atomic E-state index is 0.200. The second kappa shape index (κ2) is 5.42. The van der Waals surface area contributed by atoms with Gasteiger partial charge in [-0.1, -0.05) is 6.07 Å². The molecule has 0 spiro atoms. The second-order valence-electron chi connectivity index (χ2n) is 7.19. The minimum atomic E-state index is -0.200. The van der Waals surface area contributed by atoms with Gasteiger partial charge in [0.1, 0.15) is 5.82 Å². The zero-order chi connectivity index (χ0) is 17.0. The van der Waals surface area contributed by atoms with Crippen LogP contribution in [0.5, 0.6) is 0 Å². The predicted octanol–water partition coefficient (Wildman–Crippen LogP) is 2.17. The number of aliphatic hydroxyl groups excluding tert-OH is 1. The van der Waals surface area contributed by atoms with Crippen LogP contribution in [0.25, 0.3) is 22.2 Å². The Hall–Kier alpha value is -2.67. The number of nitrogen functional groups attached to an aromatic ring is 1. The first-order valence-corrected chi connectivity index (χ1v) is 8.69. The molecule has 2 aromatic heterocycles. The summed E-state index contributed by atoms with van der Waals surface area (Å²) >= 11 is 0. The van der Waals surface area contributed by atoms with Gasteiger partial charge in [0.15, 0.2) is 0 Å². The molecule has 4 atom stereocenters. The van der Waals surface area contributed by atoms with Crippen LogP contribution >= 0.6 is 0 Å². The van der Waals surface area contributed by atoms with Gasteiger partial charge in [0, 0.05) is 29.1 Å². The Morgan fingerprint density at radius 1 is 1.16 bits per heavy atom. The van der Waals surface area contributed by atoms with E-state index >= 15 is 0 Å². The lowest BCUT2D eigenvalue weighted by molar-refractivity contribution is 0.107. The first kappa shape index (κ1) is 14.7. The lowest BCUT2D eigenvalue weighted by atomic mass is 9.92. The molecule has 1 aromatic carbocycles. The molecule has 5 N–H and O–H groups in total. The standard InChI is InChI=1S/C18H20N6O/c19-18-22-15-8-10(13-3-4-20-24-13)1-2-11(15)17(23-18)21-14-6-9-5-12(14)16(25)7-9/h1-4,8-9,12,14,16,25H,5-7H2,(H,20,24)(H3,19,21,22,23)/t9?,12-,14+,16-/m1/s1. The summed E-state index contributed by atoms with van der Waals surface area (Å²) in [5.74, 6) is 1.93. The largest absolute Gasteiger partial charge is 0.393 e. The normalized spacial score (nSPS) is 27.9. The first-order chi connectivity index (χ1) is 12.2. The van der Waals surface area contributed by atoms with Crippen LogP contribution in [0, 0.1) is 11.8 Å². The molecule has 0 aliphatic heterocycles. The fourth-order valence-corrected chi connectivity index (χ4v) is 4.50. The SMILES string of the molecule is Nc1nc(N[C@H]2CC3C[C@H]2[C@H](O)C3)c2ccc(-c3ccn[nH]3)cc2n1. The molecule has 2 fully saturated rings. The van der Waals surface area contributed by atoms with Crippen molar-refractivity contribution in [2.24, 2.45) is 11.8 Å². The number of aliphatic hydroxyl groups is 1. The molecule has 5 rings (SSSR count). The van der Waals surface area contributed by atoms with E-state index in [-0.39, 0.29) is 18.1 Å². The third-order valence-electron chi connectivity index (χ3n) is 5.63. The summed E-state index contributed by atoms with van der Waals surface area (Å²) in [6.07, 6.45) is 4.64. The molecule has 25 heavy (non-hydrogen) atoms. The maximum Gasteiger partial charge on any atom is 0.222 e. The smallest absolute Gasteiger partial charge is 0.222 e. The number of benzene rings is 1. The Morgan fingerprint density at radius 2 is 2.08 bits per heavy atom. The number of rotatable bonds is 3. The molecule has 7 heteroatoms. The molecule has 0 amide bonds. The molecule has 1 unspecified atom stereocenters. The zero-order valence-corrected chi connectivity index (χ0v) is 13.7. The van der Waals surface area contributed by atoms with Gasteiger partial charge in [0.25, 0.3) is 0 Å². The summed E-state index contributed by atoms with van der Waals surface area (Å²) in [6.45, 7) is 0. The Morgan fingerprint density at radius 3 is 2.84 bits per heavy atom. The van der Waals surface area contributed by atoms with Crippen LogP contribution in [0.2, 0.25) is 0 Å². The number of H-pyrrole nitrogens is 1. The number of anilines is 2. The summed E-state index contributed by atoms with van der Waals surface area (Å²) in [7, 11) is 0. The number of hydrogen-bond acceptors (Lipinski definition) is 6. The molecule has 2 heterocycles. The van der Waals surface area contributed by atoms with Crippen LogP contribution in [0.1, 0.15) is 19.3 Å². The van der Waals surface area contributed by atoms with Gasteiger partial charge in [-0.15, -0.1) is 0 Å². The van der Waals surface area contributed by atoms with E-state index in [2.05, 4.69) is 25.5 Å². The predicted molar refractivity (Wildman–Crippen MR) is 95.8 cm³/mol. The van der Waals surface area contributed by atoms with Crippen LogP contribution in [0.3, 0.4) is 0 Å². The Balaban J connectivity index is 1.52. The average molecular weight is 336 g/mol. The fraction of sp³-hybridized carbons (Fsp3) is 0.389. The average Bonchev–Trinajstić information content (AvgIpc) is 3.30. The van der Waals surface area contributed by atoms with Gasteiger partial charge in [-0.3, -0.25) is 5.10 Å². The molecular formula is C18H20N6O. The highest BCUT2D eigenvalue weighted by atomic mass is 16.3. The molecule has 0 radical (unpaired) electrons. The molecule has 2 bridgehead atoms. The van der Waals surface area contributed by atoms with Crippen LogP contribution in [0.4, 0.5) is 11.8 Å². The van der Waals surface area contributed by atoms with Crippen molar-refractivity contribution in [1.29, 1.82) is 0 Å². The number of hydrogen-bond donors (Lipinski definition) is 4. The Labute approximate surface area is 144 Å². The highest BCUT2D eigenvalue weighted by Gasteiger charge is 2.45. The second-order valence-corrected chi connectivity index (χ2v) is 7.19. The maximum atomic E-state index is 10.2. The number of aromatic amines is 1. The fourth-order valence-electron chi connectivity index (χ4n) is 4.50. The molecule has 2 aliphatic carbocycles. The summed E-state index contributed by atoms with van der Waals surface area (Å²) in [4.78, 5) is 8.81. The number of nitrogens with two attached hydrogens (primary N) is 1. The van der Waals surface area contributed by atoms with Gasteiger partial charge in [-0.2, -0.15) is 10.1 Å². The quantitative estimate of drug-likeness (QED) is 0.583. The zero-order valence-electron chi connectivity index (χ0n) is 13.7. The molecule has 2 aliphatic rings. The number of fused-ring (bicyclic) bond motifs is 3. The van der Waals surface area contributed by atoms with E-state index in [1.165, 1.54) is 0 Å². The minimum Gasteiger partial charge on any atom is -0.393 e. The Kier molecular flexibility index (Phi) is 3.18. The number of nitrogens with one attached hydrogen (secondary N) is 2. The monoisotopic (exact) mass is 336 g/mol. The summed E-state index contributed by atoms with van der Waals surface area (Å²) in [5.41, 5.74) is 8.68. The number of aromatic nitrogens is 4. The molecule has 128 valence electrons. The topological polar surface area (TPSA) is 113 Å². The van der Waals surface area contributed by atoms with Gasteiger partial charge >= 0.3 is 0 Å². The van der Waals surface area contributed by atoms with E-state index in [1.807, 2.05) is 24.3 Å². The Bertz CT molecular complexity index is 925. The molecule has 2 saturated carbocycles. The van der Waals surface area contributed by atoms with Crippen molar-refractivity contribution in [2.75, 3.05) is 11.1 Å². The molecule has 3 aromatic rings. The maximum absolute atomic E-state index is 10.2. The van der Waals surface area contributed by atoms with E-state index < -0.39 is 0 Å². The van der Waals surface area contributed by atoms with Gasteiger partial charge in [0.05, 0.1) is 17.3 Å². The highest BCUT2D eigenvalue weighted by molar-refractivity contribution is 5.92. The van der Waals surface area contributed by atoms with Crippen molar-refractivity contribution in [3.8, 4) is 11.3 Å². The van der Waals surface area contributed by atoms with Crippen LogP contribution < -0.4 is 11.1 Å². The van der Waals surface area contributed by atoms with E-state index in [9.17, 15) is 5.11 Å². The van der Waals surface area contributed by atoms with Crippen LogP contribution in [-0.2, 0) is 0 Å². The van der Waals surface area contributed by atoms with Gasteiger partial charge in [-0.05, 0) is 43.4 Å². The van der Waals surface area contributed by atoms with Crippen molar-refractivity contribution >= 4 is 22.7 Å². The highest BCUT2D eigenvalue weighted by Crippen LogP contribution is 2.46. The summed E-state index contributed by atoms with van der Waals surface area (Å²) in [5, 5.41) is 21.6. The van der Waals surface area contributed by atoms with Crippen molar-refractivity contribution in [3.05, 3.63) is 30.5 Å². The van der Waals surface area contributed by atoms with Crippen molar-refractivity contribution < 1.29 is 5.11 Å². The first-order valence-electron chi connectivity index (χ1n) is 8.69. The van der Waals surface area contributed by atoms with Crippen molar-refractivity contribution in [1.82, 2.24) is 20.2 Å². The lowest BCUT2D eigenvalue weighted by Crippen LogP contribution is -2.34. The van der Waals surface area contributed by atoms with E-state index in [0.717, 1.165) is 47.2 Å². The number of nitrogens with zero attached hydrogens (tertiary/aromatic N) is 3. The van der Waals surface area contributed by atoms with Crippen LogP contribution in [0.15, 0.2) is 30.5 Å². The summed E-state index contributed by atoms with van der Waals surface area (Å²) < 4.78 is 0. The third kappa shape index (κ3) is 2.42. The molecule has 0 saturated heterocycles.